The van der Waals surface area contributed by atoms with Gasteiger partial charge in [0.2, 0.25) is 6.29 Å². The van der Waals surface area contributed by atoms with Crippen molar-refractivity contribution in [3.05, 3.63) is 65.0 Å². The number of nitrogens with zero attached hydrogens (tertiary/aromatic N) is 1. The van der Waals surface area contributed by atoms with Gasteiger partial charge in [0.15, 0.2) is 5.17 Å². The molecule has 6 heteroatoms. The fourth-order valence-corrected chi connectivity index (χ4v) is 3.02. The molecule has 0 radical (unpaired) electrons. The molecule has 0 saturated heterocycles. The second-order valence-electron chi connectivity index (χ2n) is 5.08. The van der Waals surface area contributed by atoms with Gasteiger partial charge >= 0.3 is 0 Å². The van der Waals surface area contributed by atoms with E-state index in [0.717, 1.165) is 11.1 Å². The van der Waals surface area contributed by atoms with Crippen LogP contribution < -0.4 is 10.5 Å². The van der Waals surface area contributed by atoms with Gasteiger partial charge in [-0.1, -0.05) is 42.1 Å². The SMILES string of the molecule is CN=C(N)SCc1cc(F)cc2c1O[C@H](c1ccccc1)OC2. The Hall–Kier alpha value is -2.05. The molecule has 1 atom stereocenters. The zero-order valence-corrected chi connectivity index (χ0v) is 13.5. The number of aliphatic imine (C=N–C) groups is 1. The Morgan fingerprint density at radius 3 is 2.87 bits per heavy atom. The Balaban J connectivity index is 1.87. The normalized spacial score (nSPS) is 17.5. The molecule has 0 unspecified atom stereocenters. The largest absolute Gasteiger partial charge is 0.460 e. The zero-order chi connectivity index (χ0) is 16.2. The van der Waals surface area contributed by atoms with Gasteiger partial charge in [0.1, 0.15) is 11.6 Å². The number of hydrogen-bond donors (Lipinski definition) is 1. The molecule has 0 spiro atoms. The summed E-state index contributed by atoms with van der Waals surface area (Å²) in [6.07, 6.45) is -0.491. The first-order valence-electron chi connectivity index (χ1n) is 7.17. The van der Waals surface area contributed by atoms with Gasteiger partial charge in [-0.05, 0) is 12.1 Å². The van der Waals surface area contributed by atoms with Crippen LogP contribution in [0, 0.1) is 5.82 Å². The van der Waals surface area contributed by atoms with E-state index in [4.69, 9.17) is 15.2 Å². The average Bonchev–Trinajstić information content (AvgIpc) is 2.59. The molecule has 0 fully saturated rings. The minimum atomic E-state index is -0.491. The first-order chi connectivity index (χ1) is 11.2. The fourth-order valence-electron chi connectivity index (χ4n) is 2.37. The molecule has 120 valence electrons. The Morgan fingerprint density at radius 1 is 1.35 bits per heavy atom. The van der Waals surface area contributed by atoms with E-state index in [1.54, 1.807) is 7.05 Å². The van der Waals surface area contributed by atoms with E-state index in [0.29, 0.717) is 28.8 Å². The van der Waals surface area contributed by atoms with Crippen LogP contribution in [0.15, 0.2) is 47.5 Å². The highest BCUT2D eigenvalue weighted by Gasteiger charge is 2.25. The van der Waals surface area contributed by atoms with Crippen molar-refractivity contribution in [2.75, 3.05) is 7.05 Å². The Labute approximate surface area is 138 Å². The molecule has 1 heterocycles. The number of hydrogen-bond acceptors (Lipinski definition) is 4. The number of nitrogens with two attached hydrogens (primary N) is 1. The van der Waals surface area contributed by atoms with Gasteiger partial charge in [0.05, 0.1) is 6.61 Å². The summed E-state index contributed by atoms with van der Waals surface area (Å²) in [5.74, 6) is 0.852. The number of halogens is 1. The van der Waals surface area contributed by atoms with E-state index in [1.807, 2.05) is 30.3 Å². The molecule has 2 N–H and O–H groups in total. The maximum Gasteiger partial charge on any atom is 0.227 e. The zero-order valence-electron chi connectivity index (χ0n) is 12.7. The molecule has 3 rings (SSSR count). The number of thioether (sulfide) groups is 1. The first kappa shape index (κ1) is 15.8. The van der Waals surface area contributed by atoms with Gasteiger partial charge in [0, 0.05) is 29.5 Å². The number of benzene rings is 2. The molecular weight excluding hydrogens is 315 g/mol. The highest BCUT2D eigenvalue weighted by atomic mass is 32.2. The molecule has 0 amide bonds. The van der Waals surface area contributed by atoms with Crippen LogP contribution in [-0.2, 0) is 17.1 Å². The second kappa shape index (κ2) is 7.02. The van der Waals surface area contributed by atoms with Crippen molar-refractivity contribution < 1.29 is 13.9 Å². The lowest BCUT2D eigenvalue weighted by atomic mass is 10.1. The third kappa shape index (κ3) is 3.65. The summed E-state index contributed by atoms with van der Waals surface area (Å²) in [6.45, 7) is 0.307. The predicted molar refractivity (Wildman–Crippen MR) is 89.8 cm³/mol. The standard InChI is InChI=1S/C17H17FN2O2S/c1-20-17(19)23-10-13-8-14(18)7-12-9-21-16(22-15(12)13)11-5-3-2-4-6-11/h2-8,16H,9-10H2,1H3,(H2,19,20)/t16-/m1/s1. The predicted octanol–water partition coefficient (Wildman–Crippen LogP) is 3.61. The average molecular weight is 332 g/mol. The number of amidine groups is 1. The molecule has 4 nitrogen and oxygen atoms in total. The van der Waals surface area contributed by atoms with Gasteiger partial charge in [0.25, 0.3) is 0 Å². The topological polar surface area (TPSA) is 56.8 Å². The summed E-state index contributed by atoms with van der Waals surface area (Å²) in [5, 5.41) is 0.453. The fraction of sp³-hybridized carbons (Fsp3) is 0.235. The van der Waals surface area contributed by atoms with Crippen molar-refractivity contribution in [2.45, 2.75) is 18.6 Å². The third-order valence-corrected chi connectivity index (χ3v) is 4.42. The summed E-state index contributed by atoms with van der Waals surface area (Å²) < 4.78 is 25.5. The van der Waals surface area contributed by atoms with Gasteiger partial charge in [-0.2, -0.15) is 0 Å². The van der Waals surface area contributed by atoms with Crippen LogP contribution in [0.5, 0.6) is 5.75 Å². The molecule has 0 aromatic heterocycles. The molecule has 1 aliphatic rings. The number of rotatable bonds is 3. The minimum Gasteiger partial charge on any atom is -0.460 e. The van der Waals surface area contributed by atoms with Crippen LogP contribution >= 0.6 is 11.8 Å². The minimum absolute atomic E-state index is 0.307. The molecule has 2 aromatic rings. The number of ether oxygens (including phenoxy) is 2. The lowest BCUT2D eigenvalue weighted by Crippen LogP contribution is -2.19. The summed E-state index contributed by atoms with van der Waals surface area (Å²) in [7, 11) is 1.62. The van der Waals surface area contributed by atoms with Gasteiger partial charge in [-0.15, -0.1) is 0 Å². The van der Waals surface area contributed by atoms with E-state index in [2.05, 4.69) is 4.99 Å². The van der Waals surface area contributed by atoms with Crippen LogP contribution in [0.3, 0.4) is 0 Å². The van der Waals surface area contributed by atoms with Crippen molar-refractivity contribution in [2.24, 2.45) is 10.7 Å². The van der Waals surface area contributed by atoms with Crippen molar-refractivity contribution in [3.8, 4) is 5.75 Å². The molecule has 0 saturated carbocycles. The lowest BCUT2D eigenvalue weighted by molar-refractivity contribution is -0.112. The van der Waals surface area contributed by atoms with Crippen molar-refractivity contribution in [3.63, 3.8) is 0 Å². The van der Waals surface area contributed by atoms with Crippen molar-refractivity contribution in [1.29, 1.82) is 0 Å². The summed E-state index contributed by atoms with van der Waals surface area (Å²) in [4.78, 5) is 3.90. The molecule has 2 aromatic carbocycles. The van der Waals surface area contributed by atoms with E-state index in [-0.39, 0.29) is 5.82 Å². The molecule has 23 heavy (non-hydrogen) atoms. The molecule has 1 aliphatic heterocycles. The monoisotopic (exact) mass is 332 g/mol. The number of fused-ring (bicyclic) bond motifs is 1. The lowest BCUT2D eigenvalue weighted by Gasteiger charge is -2.28. The quantitative estimate of drug-likeness (QED) is 0.689. The van der Waals surface area contributed by atoms with E-state index < -0.39 is 6.29 Å². The Kier molecular flexibility index (Phi) is 4.83. The van der Waals surface area contributed by atoms with E-state index in [9.17, 15) is 4.39 Å². The van der Waals surface area contributed by atoms with Gasteiger partial charge < -0.3 is 15.2 Å². The van der Waals surface area contributed by atoms with E-state index in [1.165, 1.54) is 23.9 Å². The smallest absolute Gasteiger partial charge is 0.227 e. The van der Waals surface area contributed by atoms with Crippen LogP contribution in [0.1, 0.15) is 23.0 Å². The molecule has 0 aliphatic carbocycles. The second-order valence-corrected chi connectivity index (χ2v) is 6.07. The van der Waals surface area contributed by atoms with E-state index >= 15 is 0 Å². The van der Waals surface area contributed by atoms with Crippen LogP contribution in [0.2, 0.25) is 0 Å². The summed E-state index contributed by atoms with van der Waals surface area (Å²) >= 11 is 1.35. The van der Waals surface area contributed by atoms with Crippen LogP contribution in [0.25, 0.3) is 0 Å². The summed E-state index contributed by atoms with van der Waals surface area (Å²) in [5.41, 5.74) is 8.09. The Morgan fingerprint density at radius 2 is 2.13 bits per heavy atom. The van der Waals surface area contributed by atoms with Gasteiger partial charge in [-0.25, -0.2) is 4.39 Å². The highest BCUT2D eigenvalue weighted by Crippen LogP contribution is 2.37. The Bertz CT molecular complexity index is 722. The van der Waals surface area contributed by atoms with Crippen molar-refractivity contribution in [1.82, 2.24) is 0 Å². The molecular formula is C17H17FN2O2S. The third-order valence-electron chi connectivity index (χ3n) is 3.49. The first-order valence-corrected chi connectivity index (χ1v) is 8.15. The maximum atomic E-state index is 13.8. The van der Waals surface area contributed by atoms with Gasteiger partial charge in [-0.3, -0.25) is 4.99 Å². The van der Waals surface area contributed by atoms with Crippen LogP contribution in [0.4, 0.5) is 4.39 Å². The summed E-state index contributed by atoms with van der Waals surface area (Å²) in [6, 6.07) is 12.6. The molecule has 0 bridgehead atoms. The maximum absolute atomic E-state index is 13.8. The highest BCUT2D eigenvalue weighted by molar-refractivity contribution is 8.13. The van der Waals surface area contributed by atoms with Crippen molar-refractivity contribution >= 4 is 16.9 Å². The van der Waals surface area contributed by atoms with Crippen LogP contribution in [-0.4, -0.2) is 12.2 Å².